The highest BCUT2D eigenvalue weighted by Crippen LogP contribution is 2.19. The zero-order valence-electron chi connectivity index (χ0n) is 13.2. The second kappa shape index (κ2) is 9.36. The molecule has 1 aromatic carbocycles. The van der Waals surface area contributed by atoms with E-state index < -0.39 is 0 Å². The van der Waals surface area contributed by atoms with Crippen molar-refractivity contribution in [2.75, 3.05) is 13.1 Å². The minimum absolute atomic E-state index is 0.0193. The van der Waals surface area contributed by atoms with Crippen LogP contribution < -0.4 is 10.6 Å². The number of carbonyl (C=O) groups is 2. The van der Waals surface area contributed by atoms with E-state index in [1.165, 1.54) is 18.4 Å². The van der Waals surface area contributed by atoms with Crippen LogP contribution in [0.2, 0.25) is 5.02 Å². The summed E-state index contributed by atoms with van der Waals surface area (Å²) in [7, 11) is 0. The SMILES string of the molecule is O=C(CNC(=O)Cc1ccc(Cl)cc1)NCCC1=CCCCC1. The first kappa shape index (κ1) is 17.5. The Hall–Kier alpha value is -1.81. The number of benzene rings is 1. The molecule has 5 heteroatoms. The van der Waals surface area contributed by atoms with Gasteiger partial charge in [-0.3, -0.25) is 9.59 Å². The fraction of sp³-hybridized carbons (Fsp3) is 0.444. The van der Waals surface area contributed by atoms with Crippen LogP contribution in [0.5, 0.6) is 0 Å². The summed E-state index contributed by atoms with van der Waals surface area (Å²) in [5, 5.41) is 6.12. The van der Waals surface area contributed by atoms with Crippen molar-refractivity contribution in [1.82, 2.24) is 10.6 Å². The van der Waals surface area contributed by atoms with Crippen molar-refractivity contribution in [2.24, 2.45) is 0 Å². The molecule has 124 valence electrons. The fourth-order valence-corrected chi connectivity index (χ4v) is 2.71. The third-order valence-electron chi connectivity index (χ3n) is 3.88. The van der Waals surface area contributed by atoms with E-state index in [2.05, 4.69) is 16.7 Å². The highest BCUT2D eigenvalue weighted by Gasteiger charge is 2.07. The number of hydrogen-bond donors (Lipinski definition) is 2. The Labute approximate surface area is 142 Å². The lowest BCUT2D eigenvalue weighted by molar-refractivity contribution is -0.125. The highest BCUT2D eigenvalue weighted by molar-refractivity contribution is 6.30. The normalized spacial score (nSPS) is 14.0. The number of halogens is 1. The lowest BCUT2D eigenvalue weighted by atomic mass is 9.97. The number of rotatable bonds is 7. The zero-order valence-corrected chi connectivity index (χ0v) is 14.0. The number of carbonyl (C=O) groups excluding carboxylic acids is 2. The summed E-state index contributed by atoms with van der Waals surface area (Å²) in [5.41, 5.74) is 2.31. The van der Waals surface area contributed by atoms with Crippen LogP contribution in [0.15, 0.2) is 35.9 Å². The van der Waals surface area contributed by atoms with Crippen molar-refractivity contribution < 1.29 is 9.59 Å². The minimum atomic E-state index is -0.169. The fourth-order valence-electron chi connectivity index (χ4n) is 2.59. The van der Waals surface area contributed by atoms with Gasteiger partial charge in [-0.1, -0.05) is 35.4 Å². The minimum Gasteiger partial charge on any atom is -0.354 e. The van der Waals surface area contributed by atoms with Crippen molar-refractivity contribution in [3.63, 3.8) is 0 Å². The number of hydrogen-bond acceptors (Lipinski definition) is 2. The van der Waals surface area contributed by atoms with E-state index in [1.807, 2.05) is 0 Å². The van der Waals surface area contributed by atoms with Gasteiger partial charge in [0.15, 0.2) is 0 Å². The van der Waals surface area contributed by atoms with Gasteiger partial charge in [-0.25, -0.2) is 0 Å². The zero-order chi connectivity index (χ0) is 16.5. The predicted molar refractivity (Wildman–Crippen MR) is 92.3 cm³/mol. The Balaban J connectivity index is 1.60. The maximum absolute atomic E-state index is 11.8. The Morgan fingerprint density at radius 2 is 1.83 bits per heavy atom. The highest BCUT2D eigenvalue weighted by atomic mass is 35.5. The summed E-state index contributed by atoms with van der Waals surface area (Å²) >= 11 is 5.80. The third kappa shape index (κ3) is 6.87. The molecule has 0 bridgehead atoms. The van der Waals surface area contributed by atoms with Crippen molar-refractivity contribution in [3.8, 4) is 0 Å². The van der Waals surface area contributed by atoms with Gasteiger partial charge < -0.3 is 10.6 Å². The van der Waals surface area contributed by atoms with Crippen LogP contribution in [0.3, 0.4) is 0 Å². The van der Waals surface area contributed by atoms with Gasteiger partial charge in [-0.2, -0.15) is 0 Å². The van der Waals surface area contributed by atoms with E-state index in [4.69, 9.17) is 11.6 Å². The first-order chi connectivity index (χ1) is 11.1. The van der Waals surface area contributed by atoms with Gasteiger partial charge in [0.05, 0.1) is 13.0 Å². The first-order valence-corrected chi connectivity index (χ1v) is 8.47. The van der Waals surface area contributed by atoms with Crippen LogP contribution in [0.1, 0.15) is 37.7 Å². The average molecular weight is 335 g/mol. The molecule has 0 atom stereocenters. The largest absolute Gasteiger partial charge is 0.354 e. The van der Waals surface area contributed by atoms with E-state index >= 15 is 0 Å². The summed E-state index contributed by atoms with van der Waals surface area (Å²) in [4.78, 5) is 23.5. The maximum Gasteiger partial charge on any atom is 0.239 e. The molecule has 1 aromatic rings. The number of amides is 2. The number of allylic oxidation sites excluding steroid dienone is 1. The Morgan fingerprint density at radius 1 is 1.04 bits per heavy atom. The molecule has 0 spiro atoms. The van der Waals surface area contributed by atoms with E-state index in [1.54, 1.807) is 24.3 Å². The predicted octanol–water partition coefficient (Wildman–Crippen LogP) is 3.01. The second-order valence-corrected chi connectivity index (χ2v) is 6.22. The van der Waals surface area contributed by atoms with Crippen LogP contribution in [-0.2, 0) is 16.0 Å². The molecule has 0 aromatic heterocycles. The Morgan fingerprint density at radius 3 is 2.52 bits per heavy atom. The summed E-state index contributed by atoms with van der Waals surface area (Å²) in [6, 6.07) is 7.10. The van der Waals surface area contributed by atoms with Crippen LogP contribution in [0, 0.1) is 0 Å². The van der Waals surface area contributed by atoms with E-state index in [0.717, 1.165) is 24.8 Å². The van der Waals surface area contributed by atoms with E-state index in [-0.39, 0.29) is 24.8 Å². The van der Waals surface area contributed by atoms with Crippen LogP contribution in [-0.4, -0.2) is 24.9 Å². The van der Waals surface area contributed by atoms with Crippen molar-refractivity contribution in [1.29, 1.82) is 0 Å². The Kier molecular flexibility index (Phi) is 7.14. The van der Waals surface area contributed by atoms with Gasteiger partial charge in [-0.15, -0.1) is 0 Å². The van der Waals surface area contributed by atoms with Gasteiger partial charge in [0.1, 0.15) is 0 Å². The molecule has 23 heavy (non-hydrogen) atoms. The summed E-state index contributed by atoms with van der Waals surface area (Å²) in [6.07, 6.45) is 8.26. The summed E-state index contributed by atoms with van der Waals surface area (Å²) in [5.74, 6) is -0.316. The molecule has 1 aliphatic rings. The molecular weight excluding hydrogens is 312 g/mol. The molecule has 0 fully saturated rings. The maximum atomic E-state index is 11.8. The molecule has 0 unspecified atom stereocenters. The number of nitrogens with one attached hydrogen (secondary N) is 2. The molecule has 2 rings (SSSR count). The van der Waals surface area contributed by atoms with Gasteiger partial charge in [0.25, 0.3) is 0 Å². The molecule has 1 aliphatic carbocycles. The van der Waals surface area contributed by atoms with Crippen LogP contribution in [0.4, 0.5) is 0 Å². The molecule has 0 saturated heterocycles. The summed E-state index contributed by atoms with van der Waals surface area (Å²) < 4.78 is 0. The molecule has 0 heterocycles. The quantitative estimate of drug-likeness (QED) is 0.753. The molecule has 2 amide bonds. The van der Waals surface area contributed by atoms with Crippen LogP contribution >= 0.6 is 11.6 Å². The third-order valence-corrected chi connectivity index (χ3v) is 4.13. The van der Waals surface area contributed by atoms with Gasteiger partial charge in [0, 0.05) is 11.6 Å². The lowest BCUT2D eigenvalue weighted by Crippen LogP contribution is -2.38. The lowest BCUT2D eigenvalue weighted by Gasteiger charge is -2.13. The molecular formula is C18H23ClN2O2. The standard InChI is InChI=1S/C18H23ClN2O2/c19-16-8-6-15(7-9-16)12-17(22)21-13-18(23)20-11-10-14-4-2-1-3-5-14/h4,6-9H,1-3,5,10-13H2,(H,20,23)(H,21,22). The van der Waals surface area contributed by atoms with Crippen molar-refractivity contribution in [2.45, 2.75) is 38.5 Å². The topological polar surface area (TPSA) is 58.2 Å². The van der Waals surface area contributed by atoms with Crippen molar-refractivity contribution in [3.05, 3.63) is 46.5 Å². The molecule has 0 saturated carbocycles. The smallest absolute Gasteiger partial charge is 0.239 e. The molecule has 4 nitrogen and oxygen atoms in total. The average Bonchev–Trinajstić information content (AvgIpc) is 2.56. The van der Waals surface area contributed by atoms with Gasteiger partial charge in [0.2, 0.25) is 11.8 Å². The van der Waals surface area contributed by atoms with Crippen LogP contribution in [0.25, 0.3) is 0 Å². The molecule has 0 radical (unpaired) electrons. The molecule has 2 N–H and O–H groups in total. The van der Waals surface area contributed by atoms with Crippen molar-refractivity contribution >= 4 is 23.4 Å². The van der Waals surface area contributed by atoms with Gasteiger partial charge >= 0.3 is 0 Å². The van der Waals surface area contributed by atoms with E-state index in [0.29, 0.717) is 11.6 Å². The molecule has 0 aliphatic heterocycles. The second-order valence-electron chi connectivity index (χ2n) is 5.79. The monoisotopic (exact) mass is 334 g/mol. The first-order valence-electron chi connectivity index (χ1n) is 8.09. The Bertz CT molecular complexity index is 567. The van der Waals surface area contributed by atoms with E-state index in [9.17, 15) is 9.59 Å². The van der Waals surface area contributed by atoms with Gasteiger partial charge in [-0.05, 0) is 49.8 Å². The summed E-state index contributed by atoms with van der Waals surface area (Å²) in [6.45, 7) is 0.656.